The van der Waals surface area contributed by atoms with Crippen LogP contribution in [-0.2, 0) is 6.54 Å². The van der Waals surface area contributed by atoms with Crippen molar-refractivity contribution in [3.8, 4) is 34.4 Å². The molecule has 2 aliphatic heterocycles. The molecule has 32 heavy (non-hydrogen) atoms. The van der Waals surface area contributed by atoms with Gasteiger partial charge in [0.05, 0.1) is 35.3 Å². The molecule has 2 aliphatic rings. The fourth-order valence-electron chi connectivity index (χ4n) is 4.86. The highest BCUT2D eigenvalue weighted by atomic mass is 15.3. The molecule has 0 bridgehead atoms. The van der Waals surface area contributed by atoms with E-state index in [1.165, 1.54) is 12.8 Å². The molecule has 1 fully saturated rings. The monoisotopic (exact) mass is 421 g/mol. The number of fused-ring (bicyclic) bond motifs is 5. The fourth-order valence-corrected chi connectivity index (χ4v) is 4.86. The molecular weight excluding hydrogens is 398 g/mol. The Bertz CT molecular complexity index is 1340. The van der Waals surface area contributed by atoms with Gasteiger partial charge in [-0.05, 0) is 54.7 Å². The summed E-state index contributed by atoms with van der Waals surface area (Å²) in [5.41, 5.74) is 5.87. The Morgan fingerprint density at radius 2 is 1.97 bits per heavy atom. The van der Waals surface area contributed by atoms with Crippen molar-refractivity contribution in [3.63, 3.8) is 0 Å². The molecule has 6 rings (SSSR count). The number of aromatic nitrogens is 5. The zero-order valence-corrected chi connectivity index (χ0v) is 17.9. The maximum absolute atomic E-state index is 9.09. The van der Waals surface area contributed by atoms with Gasteiger partial charge in [0.25, 0.3) is 0 Å². The SMILES string of the molecule is CC1CCCN(c2ccc3c(n2)Cn2cc(-c4ccc(C#N)cc4)cc2-c2nncn2-3)C1. The number of piperidine rings is 1. The molecule has 0 N–H and O–H groups in total. The Kier molecular flexibility index (Phi) is 4.32. The van der Waals surface area contributed by atoms with Crippen LogP contribution in [0.5, 0.6) is 0 Å². The minimum atomic E-state index is 0.659. The second-order valence-corrected chi connectivity index (χ2v) is 8.78. The summed E-state index contributed by atoms with van der Waals surface area (Å²) in [6, 6.07) is 16.3. The van der Waals surface area contributed by atoms with E-state index in [1.54, 1.807) is 6.33 Å². The van der Waals surface area contributed by atoms with E-state index >= 15 is 0 Å². The predicted molar refractivity (Wildman–Crippen MR) is 122 cm³/mol. The lowest BCUT2D eigenvalue weighted by molar-refractivity contribution is 0.444. The van der Waals surface area contributed by atoms with Gasteiger partial charge in [-0.1, -0.05) is 19.1 Å². The Morgan fingerprint density at radius 3 is 2.78 bits per heavy atom. The molecule has 3 aromatic heterocycles. The number of anilines is 1. The van der Waals surface area contributed by atoms with Gasteiger partial charge in [-0.2, -0.15) is 5.26 Å². The van der Waals surface area contributed by atoms with Crippen LogP contribution >= 0.6 is 0 Å². The molecular formula is C25H23N7. The second-order valence-electron chi connectivity index (χ2n) is 8.78. The Balaban J connectivity index is 1.43. The Labute approximate surface area is 186 Å². The molecule has 7 nitrogen and oxygen atoms in total. The topological polar surface area (TPSA) is 75.6 Å². The smallest absolute Gasteiger partial charge is 0.185 e. The summed E-state index contributed by atoms with van der Waals surface area (Å²) in [7, 11) is 0. The van der Waals surface area contributed by atoms with Gasteiger partial charge in [-0.25, -0.2) is 4.98 Å². The van der Waals surface area contributed by atoms with Gasteiger partial charge < -0.3 is 9.47 Å². The number of benzene rings is 1. The average molecular weight is 422 g/mol. The standard InChI is InChI=1S/C25H23N7/c1-17-3-2-10-30(13-17)24-9-8-22-21(28-24)15-31-14-20(19-6-4-18(12-26)5-7-19)11-23(31)25-29-27-16-32(22)25/h4-9,11,14,16-17H,2-3,10,13,15H2,1H3. The Morgan fingerprint density at radius 1 is 1.09 bits per heavy atom. The molecule has 0 amide bonds. The third-order valence-electron chi connectivity index (χ3n) is 6.52. The van der Waals surface area contributed by atoms with Crippen LogP contribution in [0, 0.1) is 17.2 Å². The van der Waals surface area contributed by atoms with E-state index < -0.39 is 0 Å². The van der Waals surface area contributed by atoms with Crippen LogP contribution in [0.2, 0.25) is 0 Å². The Hall–Kier alpha value is -3.92. The molecule has 0 saturated carbocycles. The van der Waals surface area contributed by atoms with E-state index in [0.29, 0.717) is 18.0 Å². The van der Waals surface area contributed by atoms with Crippen molar-refractivity contribution in [1.82, 2.24) is 24.3 Å². The molecule has 158 valence electrons. The van der Waals surface area contributed by atoms with Crippen molar-refractivity contribution in [2.24, 2.45) is 5.92 Å². The molecule has 7 heteroatoms. The van der Waals surface area contributed by atoms with Crippen molar-refractivity contribution in [3.05, 3.63) is 66.2 Å². The van der Waals surface area contributed by atoms with Crippen molar-refractivity contribution in [2.45, 2.75) is 26.3 Å². The summed E-state index contributed by atoms with van der Waals surface area (Å²) in [6.45, 7) is 5.10. The molecule has 4 aromatic rings. The lowest BCUT2D eigenvalue weighted by Crippen LogP contribution is -2.35. The van der Waals surface area contributed by atoms with Crippen molar-refractivity contribution < 1.29 is 0 Å². The quantitative estimate of drug-likeness (QED) is 0.426. The van der Waals surface area contributed by atoms with Gasteiger partial charge in [0.2, 0.25) is 0 Å². The molecule has 0 spiro atoms. The van der Waals surface area contributed by atoms with Gasteiger partial charge in [-0.15, -0.1) is 10.2 Å². The van der Waals surface area contributed by atoms with E-state index in [1.807, 2.05) is 28.8 Å². The minimum absolute atomic E-state index is 0.659. The molecule has 0 aliphatic carbocycles. The fraction of sp³-hybridized carbons (Fsp3) is 0.280. The molecule has 5 heterocycles. The molecule has 0 radical (unpaired) electrons. The summed E-state index contributed by atoms with van der Waals surface area (Å²) < 4.78 is 4.24. The lowest BCUT2D eigenvalue weighted by Gasteiger charge is -2.32. The van der Waals surface area contributed by atoms with Gasteiger partial charge in [0.15, 0.2) is 5.82 Å². The number of rotatable bonds is 2. The van der Waals surface area contributed by atoms with Crippen LogP contribution in [-0.4, -0.2) is 37.4 Å². The first kappa shape index (κ1) is 18.8. The van der Waals surface area contributed by atoms with Crippen LogP contribution < -0.4 is 4.90 Å². The number of hydrogen-bond donors (Lipinski definition) is 0. The lowest BCUT2D eigenvalue weighted by atomic mass is 10.0. The average Bonchev–Trinajstić information content (AvgIpc) is 3.44. The highest BCUT2D eigenvalue weighted by Gasteiger charge is 2.24. The second kappa shape index (κ2) is 7.34. The number of pyridine rings is 1. The number of hydrogen-bond acceptors (Lipinski definition) is 5. The van der Waals surface area contributed by atoms with Crippen LogP contribution in [0.25, 0.3) is 28.3 Å². The first-order valence-electron chi connectivity index (χ1n) is 11.1. The van der Waals surface area contributed by atoms with Crippen LogP contribution in [0.1, 0.15) is 31.0 Å². The van der Waals surface area contributed by atoms with Gasteiger partial charge in [0.1, 0.15) is 12.1 Å². The third kappa shape index (κ3) is 3.07. The molecule has 1 aromatic carbocycles. The largest absolute Gasteiger partial charge is 0.356 e. The summed E-state index contributed by atoms with van der Waals surface area (Å²) >= 11 is 0. The molecule has 1 atom stereocenters. The highest BCUT2D eigenvalue weighted by Crippen LogP contribution is 2.34. The van der Waals surface area contributed by atoms with Gasteiger partial charge in [0, 0.05) is 24.8 Å². The maximum atomic E-state index is 9.09. The minimum Gasteiger partial charge on any atom is -0.356 e. The summed E-state index contributed by atoms with van der Waals surface area (Å²) in [6.07, 6.45) is 6.41. The van der Waals surface area contributed by atoms with Crippen LogP contribution in [0.15, 0.2) is 55.0 Å². The predicted octanol–water partition coefficient (Wildman–Crippen LogP) is 4.27. The van der Waals surface area contributed by atoms with Gasteiger partial charge >= 0.3 is 0 Å². The van der Waals surface area contributed by atoms with E-state index in [-0.39, 0.29) is 0 Å². The van der Waals surface area contributed by atoms with E-state index in [9.17, 15) is 0 Å². The first-order chi connectivity index (χ1) is 15.7. The number of nitrogens with zero attached hydrogens (tertiary/aromatic N) is 7. The van der Waals surface area contributed by atoms with Gasteiger partial charge in [-0.3, -0.25) is 4.57 Å². The summed E-state index contributed by atoms with van der Waals surface area (Å²) in [4.78, 5) is 7.51. The van der Waals surface area contributed by atoms with Crippen molar-refractivity contribution in [1.29, 1.82) is 5.26 Å². The molecule has 1 unspecified atom stereocenters. The van der Waals surface area contributed by atoms with Crippen molar-refractivity contribution in [2.75, 3.05) is 18.0 Å². The van der Waals surface area contributed by atoms with E-state index in [4.69, 9.17) is 10.2 Å². The van der Waals surface area contributed by atoms with Crippen LogP contribution in [0.4, 0.5) is 5.82 Å². The number of nitriles is 1. The zero-order valence-electron chi connectivity index (χ0n) is 17.9. The summed E-state index contributed by atoms with van der Waals surface area (Å²) in [5.74, 6) is 2.55. The zero-order chi connectivity index (χ0) is 21.7. The first-order valence-corrected chi connectivity index (χ1v) is 11.1. The third-order valence-corrected chi connectivity index (χ3v) is 6.52. The summed E-state index contributed by atoms with van der Waals surface area (Å²) in [5, 5.41) is 17.7. The van der Waals surface area contributed by atoms with E-state index in [2.05, 4.69) is 57.1 Å². The highest BCUT2D eigenvalue weighted by molar-refractivity contribution is 5.71. The molecule has 1 saturated heterocycles. The maximum Gasteiger partial charge on any atom is 0.185 e. The van der Waals surface area contributed by atoms with Crippen molar-refractivity contribution >= 4 is 5.82 Å². The van der Waals surface area contributed by atoms with Crippen LogP contribution in [0.3, 0.4) is 0 Å². The van der Waals surface area contributed by atoms with E-state index in [0.717, 1.165) is 52.9 Å². The normalized spacial score (nSPS) is 17.1.